The van der Waals surface area contributed by atoms with Crippen LogP contribution in [-0.4, -0.2) is 67.9 Å². The summed E-state index contributed by atoms with van der Waals surface area (Å²) in [6, 6.07) is 9.58. The van der Waals surface area contributed by atoms with E-state index >= 15 is 0 Å². The molecule has 0 bridgehead atoms. The number of aromatic amines is 1. The molecule has 0 spiro atoms. The van der Waals surface area contributed by atoms with Crippen LogP contribution in [0.15, 0.2) is 42.7 Å². The largest absolute Gasteiger partial charge is 0.505 e. The van der Waals surface area contributed by atoms with E-state index < -0.39 is 0 Å². The SMILES string of the molecule is O=C(c1ncc(O)cn1)N1CCN(C(=O)c2cc3ccccc3[nH]2)CC1. The molecular weight excluding hydrogens is 334 g/mol. The lowest BCUT2D eigenvalue weighted by Gasteiger charge is -2.34. The van der Waals surface area contributed by atoms with Crippen molar-refractivity contribution in [3.63, 3.8) is 0 Å². The number of carbonyl (C=O) groups is 2. The first-order valence-electron chi connectivity index (χ1n) is 8.29. The summed E-state index contributed by atoms with van der Waals surface area (Å²) in [5.41, 5.74) is 1.47. The molecular formula is C18H17N5O3. The summed E-state index contributed by atoms with van der Waals surface area (Å²) in [4.78, 5) is 39.2. The first-order valence-corrected chi connectivity index (χ1v) is 8.29. The normalized spacial score (nSPS) is 14.6. The number of hydrogen-bond acceptors (Lipinski definition) is 5. The fourth-order valence-electron chi connectivity index (χ4n) is 3.04. The highest BCUT2D eigenvalue weighted by Crippen LogP contribution is 2.17. The Balaban J connectivity index is 1.42. The van der Waals surface area contributed by atoms with Gasteiger partial charge in [0.15, 0.2) is 5.75 Å². The molecule has 3 aromatic rings. The van der Waals surface area contributed by atoms with Crippen LogP contribution in [0.4, 0.5) is 0 Å². The number of aromatic hydroxyl groups is 1. The molecule has 8 heteroatoms. The molecule has 8 nitrogen and oxygen atoms in total. The smallest absolute Gasteiger partial charge is 0.291 e. The van der Waals surface area contributed by atoms with E-state index in [0.717, 1.165) is 10.9 Å². The summed E-state index contributed by atoms with van der Waals surface area (Å²) in [7, 11) is 0. The molecule has 0 unspecified atom stereocenters. The van der Waals surface area contributed by atoms with Gasteiger partial charge in [-0.2, -0.15) is 0 Å². The van der Waals surface area contributed by atoms with Gasteiger partial charge < -0.3 is 19.9 Å². The van der Waals surface area contributed by atoms with Crippen LogP contribution in [0, 0.1) is 0 Å². The standard InChI is InChI=1S/C18H17N5O3/c24-13-10-19-16(20-11-13)18(26)23-7-5-22(6-8-23)17(25)15-9-12-3-1-2-4-14(12)21-15/h1-4,9-11,21,24H,5-8H2. The number of benzene rings is 1. The van der Waals surface area contributed by atoms with Gasteiger partial charge in [0.05, 0.1) is 12.4 Å². The van der Waals surface area contributed by atoms with Gasteiger partial charge in [-0.25, -0.2) is 9.97 Å². The summed E-state index contributed by atoms with van der Waals surface area (Å²) >= 11 is 0. The van der Waals surface area contributed by atoms with Crippen LogP contribution < -0.4 is 0 Å². The van der Waals surface area contributed by atoms with E-state index in [4.69, 9.17) is 0 Å². The van der Waals surface area contributed by atoms with E-state index in [9.17, 15) is 14.7 Å². The van der Waals surface area contributed by atoms with Crippen LogP contribution in [0.3, 0.4) is 0 Å². The second kappa shape index (κ2) is 6.47. The third-order valence-electron chi connectivity index (χ3n) is 4.44. The zero-order valence-corrected chi connectivity index (χ0v) is 13.9. The van der Waals surface area contributed by atoms with Gasteiger partial charge in [0, 0.05) is 37.1 Å². The Morgan fingerprint density at radius 1 is 0.962 bits per heavy atom. The molecule has 1 aliphatic rings. The van der Waals surface area contributed by atoms with E-state index in [1.54, 1.807) is 9.80 Å². The minimum atomic E-state index is -0.303. The fourth-order valence-corrected chi connectivity index (χ4v) is 3.04. The molecule has 2 amide bonds. The molecule has 2 N–H and O–H groups in total. The second-order valence-electron chi connectivity index (χ2n) is 6.12. The monoisotopic (exact) mass is 351 g/mol. The average Bonchev–Trinajstić information content (AvgIpc) is 3.12. The molecule has 1 aliphatic heterocycles. The molecule has 1 aromatic carbocycles. The first-order chi connectivity index (χ1) is 12.6. The highest BCUT2D eigenvalue weighted by Gasteiger charge is 2.27. The molecule has 0 atom stereocenters. The summed E-state index contributed by atoms with van der Waals surface area (Å²) < 4.78 is 0. The van der Waals surface area contributed by atoms with E-state index in [1.165, 1.54) is 12.4 Å². The van der Waals surface area contributed by atoms with Crippen LogP contribution >= 0.6 is 0 Å². The lowest BCUT2D eigenvalue weighted by molar-refractivity contribution is 0.0526. The van der Waals surface area contributed by atoms with Crippen molar-refractivity contribution in [3.05, 3.63) is 54.2 Å². The van der Waals surface area contributed by atoms with Crippen molar-refractivity contribution in [1.82, 2.24) is 24.8 Å². The maximum atomic E-state index is 12.7. The third-order valence-corrected chi connectivity index (χ3v) is 4.44. The summed E-state index contributed by atoms with van der Waals surface area (Å²) in [5.74, 6) is -0.426. The summed E-state index contributed by atoms with van der Waals surface area (Å²) in [6.45, 7) is 1.71. The summed E-state index contributed by atoms with van der Waals surface area (Å²) in [6.07, 6.45) is 2.38. The highest BCUT2D eigenvalue weighted by molar-refractivity contribution is 5.98. The van der Waals surface area contributed by atoms with Gasteiger partial charge >= 0.3 is 0 Å². The number of amides is 2. The van der Waals surface area contributed by atoms with E-state index in [1.807, 2.05) is 30.3 Å². The predicted molar refractivity (Wildman–Crippen MR) is 93.8 cm³/mol. The molecule has 4 rings (SSSR count). The third kappa shape index (κ3) is 2.97. The number of piperazine rings is 1. The Labute approximate surface area is 149 Å². The molecule has 26 heavy (non-hydrogen) atoms. The highest BCUT2D eigenvalue weighted by atomic mass is 16.3. The molecule has 3 heterocycles. The van der Waals surface area contributed by atoms with E-state index in [-0.39, 0.29) is 23.4 Å². The van der Waals surface area contributed by atoms with Crippen molar-refractivity contribution in [3.8, 4) is 5.75 Å². The van der Waals surface area contributed by atoms with Gasteiger partial charge in [0.2, 0.25) is 5.82 Å². The molecule has 0 radical (unpaired) electrons. The van der Waals surface area contributed by atoms with Crippen molar-refractivity contribution in [2.75, 3.05) is 26.2 Å². The minimum Gasteiger partial charge on any atom is -0.505 e. The van der Waals surface area contributed by atoms with Crippen molar-refractivity contribution < 1.29 is 14.7 Å². The number of hydrogen-bond donors (Lipinski definition) is 2. The van der Waals surface area contributed by atoms with E-state index in [0.29, 0.717) is 31.9 Å². The van der Waals surface area contributed by atoms with Crippen LogP contribution in [0.5, 0.6) is 5.75 Å². The van der Waals surface area contributed by atoms with Crippen LogP contribution in [0.1, 0.15) is 21.1 Å². The van der Waals surface area contributed by atoms with Gasteiger partial charge in [-0.3, -0.25) is 9.59 Å². The Morgan fingerprint density at radius 3 is 2.23 bits per heavy atom. The fraction of sp³-hybridized carbons (Fsp3) is 0.222. The van der Waals surface area contributed by atoms with Crippen molar-refractivity contribution in [2.24, 2.45) is 0 Å². The van der Waals surface area contributed by atoms with Crippen molar-refractivity contribution in [2.45, 2.75) is 0 Å². The molecule has 1 fully saturated rings. The Kier molecular flexibility index (Phi) is 4.00. The summed E-state index contributed by atoms with van der Waals surface area (Å²) in [5, 5.41) is 10.2. The molecule has 0 aliphatic carbocycles. The van der Waals surface area contributed by atoms with Crippen LogP contribution in [-0.2, 0) is 0 Å². The first kappa shape index (κ1) is 16.1. The van der Waals surface area contributed by atoms with Crippen molar-refractivity contribution in [1.29, 1.82) is 0 Å². The zero-order valence-electron chi connectivity index (χ0n) is 13.9. The minimum absolute atomic E-state index is 0.0400. The maximum Gasteiger partial charge on any atom is 0.291 e. The topological polar surface area (TPSA) is 102 Å². The van der Waals surface area contributed by atoms with Crippen LogP contribution in [0.25, 0.3) is 10.9 Å². The Hall–Kier alpha value is -3.42. The van der Waals surface area contributed by atoms with Gasteiger partial charge in [-0.15, -0.1) is 0 Å². The second-order valence-corrected chi connectivity index (χ2v) is 6.12. The molecule has 2 aromatic heterocycles. The van der Waals surface area contributed by atoms with Gasteiger partial charge in [0.25, 0.3) is 11.8 Å². The van der Waals surface area contributed by atoms with Gasteiger partial charge in [-0.05, 0) is 12.1 Å². The predicted octanol–water partition coefficient (Wildman–Crippen LogP) is 1.26. The van der Waals surface area contributed by atoms with Crippen LogP contribution in [0.2, 0.25) is 0 Å². The molecule has 132 valence electrons. The van der Waals surface area contributed by atoms with Gasteiger partial charge in [0.1, 0.15) is 5.69 Å². The number of rotatable bonds is 2. The van der Waals surface area contributed by atoms with E-state index in [2.05, 4.69) is 15.0 Å². The average molecular weight is 351 g/mol. The lowest BCUT2D eigenvalue weighted by Crippen LogP contribution is -2.51. The quantitative estimate of drug-likeness (QED) is 0.724. The number of fused-ring (bicyclic) bond motifs is 1. The number of aromatic nitrogens is 3. The molecule has 1 saturated heterocycles. The number of para-hydroxylation sites is 1. The zero-order chi connectivity index (χ0) is 18.1. The number of H-pyrrole nitrogens is 1. The lowest BCUT2D eigenvalue weighted by atomic mass is 10.2. The number of nitrogens with zero attached hydrogens (tertiary/aromatic N) is 4. The Bertz CT molecular complexity index is 925. The number of carbonyl (C=O) groups excluding carboxylic acids is 2. The molecule has 0 saturated carbocycles. The maximum absolute atomic E-state index is 12.7. The van der Waals surface area contributed by atoms with Gasteiger partial charge in [-0.1, -0.05) is 18.2 Å². The Morgan fingerprint density at radius 2 is 1.58 bits per heavy atom. The van der Waals surface area contributed by atoms with Crippen molar-refractivity contribution >= 4 is 22.7 Å². The number of nitrogens with one attached hydrogen (secondary N) is 1.